The smallest absolute Gasteiger partial charge is 0.0694 e. The molecule has 0 aliphatic rings. The number of rotatable bonds is 5. The fourth-order valence-electron chi connectivity index (χ4n) is 1.36. The third-order valence-corrected chi connectivity index (χ3v) is 3.25. The van der Waals surface area contributed by atoms with E-state index in [-0.39, 0.29) is 12.1 Å². The molecule has 0 fully saturated rings. The van der Waals surface area contributed by atoms with Crippen LogP contribution in [0.4, 0.5) is 0 Å². The molecule has 0 aromatic heterocycles. The van der Waals surface area contributed by atoms with Crippen LogP contribution in [0.15, 0.2) is 22.7 Å². The van der Waals surface area contributed by atoms with Crippen molar-refractivity contribution in [2.75, 3.05) is 6.61 Å². The van der Waals surface area contributed by atoms with Crippen LogP contribution in [0.5, 0.6) is 0 Å². The van der Waals surface area contributed by atoms with E-state index in [1.54, 1.807) is 0 Å². The summed E-state index contributed by atoms with van der Waals surface area (Å²) in [5, 5.41) is 0. The van der Waals surface area contributed by atoms with Crippen LogP contribution in [-0.2, 0) is 4.74 Å². The molecule has 4 heteroatoms. The molecule has 0 saturated carbocycles. The van der Waals surface area contributed by atoms with Gasteiger partial charge in [-0.1, -0.05) is 28.1 Å². The number of hydrazine groups is 1. The molecule has 16 heavy (non-hydrogen) atoms. The summed E-state index contributed by atoms with van der Waals surface area (Å²) in [6.07, 6.45) is 0.213. The number of benzene rings is 1. The molecular weight excluding hydrogens is 268 g/mol. The molecule has 1 aromatic rings. The summed E-state index contributed by atoms with van der Waals surface area (Å²) < 4.78 is 6.65. The molecule has 0 radical (unpaired) electrons. The number of ether oxygens (including phenoxy) is 1. The summed E-state index contributed by atoms with van der Waals surface area (Å²) in [5.41, 5.74) is 5.11. The van der Waals surface area contributed by atoms with Gasteiger partial charge in [0.25, 0.3) is 0 Å². The van der Waals surface area contributed by atoms with Gasteiger partial charge in [0.1, 0.15) is 0 Å². The van der Waals surface area contributed by atoms with Gasteiger partial charge in [0.15, 0.2) is 0 Å². The molecule has 1 unspecified atom stereocenters. The van der Waals surface area contributed by atoms with E-state index in [0.717, 1.165) is 10.0 Å². The predicted octanol–water partition coefficient (Wildman–Crippen LogP) is 2.69. The molecule has 3 nitrogen and oxygen atoms in total. The maximum Gasteiger partial charge on any atom is 0.0694 e. The van der Waals surface area contributed by atoms with Crippen LogP contribution >= 0.6 is 15.9 Å². The largest absolute Gasteiger partial charge is 0.377 e. The Balaban J connectivity index is 2.74. The molecule has 0 aliphatic heterocycles. The standard InChI is InChI=1S/C12H19BrN2O/c1-8(2)16-7-12(15-14)10-5-4-9(3)11(13)6-10/h4-6,8,12,15H,7,14H2,1-3H3. The number of hydrogen-bond acceptors (Lipinski definition) is 3. The van der Waals surface area contributed by atoms with Crippen LogP contribution in [0.25, 0.3) is 0 Å². The van der Waals surface area contributed by atoms with Crippen molar-refractivity contribution in [2.24, 2.45) is 5.84 Å². The van der Waals surface area contributed by atoms with Crippen LogP contribution < -0.4 is 11.3 Å². The fraction of sp³-hybridized carbons (Fsp3) is 0.500. The Labute approximate surface area is 105 Å². The Bertz CT molecular complexity index is 342. The van der Waals surface area contributed by atoms with E-state index in [2.05, 4.69) is 46.5 Å². The molecule has 0 amide bonds. The van der Waals surface area contributed by atoms with E-state index in [9.17, 15) is 0 Å². The first-order valence-corrected chi connectivity index (χ1v) is 6.17. The Kier molecular flexibility index (Phi) is 5.41. The van der Waals surface area contributed by atoms with Crippen LogP contribution in [0.2, 0.25) is 0 Å². The molecule has 0 spiro atoms. The Morgan fingerprint density at radius 1 is 1.44 bits per heavy atom. The van der Waals surface area contributed by atoms with Gasteiger partial charge in [-0.2, -0.15) is 0 Å². The lowest BCUT2D eigenvalue weighted by atomic mass is 10.1. The van der Waals surface area contributed by atoms with Crippen LogP contribution in [0, 0.1) is 6.92 Å². The van der Waals surface area contributed by atoms with Gasteiger partial charge in [0.05, 0.1) is 18.8 Å². The second-order valence-electron chi connectivity index (χ2n) is 4.11. The van der Waals surface area contributed by atoms with Gasteiger partial charge in [-0.15, -0.1) is 0 Å². The van der Waals surface area contributed by atoms with Gasteiger partial charge in [-0.25, -0.2) is 0 Å². The zero-order valence-corrected chi connectivity index (χ0v) is 11.5. The van der Waals surface area contributed by atoms with Gasteiger partial charge < -0.3 is 4.74 Å². The van der Waals surface area contributed by atoms with E-state index >= 15 is 0 Å². The lowest BCUT2D eigenvalue weighted by molar-refractivity contribution is 0.0611. The average Bonchev–Trinajstić information content (AvgIpc) is 2.23. The average molecular weight is 287 g/mol. The van der Waals surface area contributed by atoms with Crippen molar-refractivity contribution in [1.82, 2.24) is 5.43 Å². The number of hydrogen-bond donors (Lipinski definition) is 2. The normalized spacial score (nSPS) is 13.1. The van der Waals surface area contributed by atoms with Crippen molar-refractivity contribution in [3.05, 3.63) is 33.8 Å². The molecule has 1 atom stereocenters. The second-order valence-corrected chi connectivity index (χ2v) is 4.96. The summed E-state index contributed by atoms with van der Waals surface area (Å²) in [6, 6.07) is 6.23. The van der Waals surface area contributed by atoms with E-state index in [4.69, 9.17) is 10.6 Å². The van der Waals surface area contributed by atoms with Gasteiger partial charge in [-0.3, -0.25) is 11.3 Å². The summed E-state index contributed by atoms with van der Waals surface area (Å²) in [5.74, 6) is 5.53. The lowest BCUT2D eigenvalue weighted by Gasteiger charge is -2.18. The third kappa shape index (κ3) is 3.87. The van der Waals surface area contributed by atoms with Crippen molar-refractivity contribution in [3.8, 4) is 0 Å². The maximum atomic E-state index is 5.56. The van der Waals surface area contributed by atoms with Crippen molar-refractivity contribution in [2.45, 2.75) is 32.9 Å². The number of nitrogens with two attached hydrogens (primary N) is 1. The molecule has 0 heterocycles. The minimum atomic E-state index is 0.0271. The second kappa shape index (κ2) is 6.35. The monoisotopic (exact) mass is 286 g/mol. The first kappa shape index (κ1) is 13.6. The number of aryl methyl sites for hydroxylation is 1. The maximum absolute atomic E-state index is 5.56. The summed E-state index contributed by atoms with van der Waals surface area (Å²) in [7, 11) is 0. The zero-order valence-electron chi connectivity index (χ0n) is 9.96. The highest BCUT2D eigenvalue weighted by Gasteiger charge is 2.11. The van der Waals surface area contributed by atoms with Crippen LogP contribution in [0.1, 0.15) is 31.0 Å². The van der Waals surface area contributed by atoms with E-state index in [0.29, 0.717) is 6.61 Å². The predicted molar refractivity (Wildman–Crippen MR) is 70.0 cm³/mol. The molecule has 0 bridgehead atoms. The van der Waals surface area contributed by atoms with Gasteiger partial charge in [0.2, 0.25) is 0 Å². The first-order chi connectivity index (χ1) is 7.54. The summed E-state index contributed by atoms with van der Waals surface area (Å²) >= 11 is 3.51. The topological polar surface area (TPSA) is 47.3 Å². The highest BCUT2D eigenvalue weighted by atomic mass is 79.9. The van der Waals surface area contributed by atoms with Crippen molar-refractivity contribution >= 4 is 15.9 Å². The Hall–Kier alpha value is -0.420. The van der Waals surface area contributed by atoms with E-state index in [1.807, 2.05) is 13.8 Å². The minimum absolute atomic E-state index is 0.0271. The quantitative estimate of drug-likeness (QED) is 0.646. The lowest BCUT2D eigenvalue weighted by Crippen LogP contribution is -2.32. The van der Waals surface area contributed by atoms with Gasteiger partial charge in [-0.05, 0) is 38.0 Å². The highest BCUT2D eigenvalue weighted by molar-refractivity contribution is 9.10. The Morgan fingerprint density at radius 3 is 2.62 bits per heavy atom. The summed E-state index contributed by atoms with van der Waals surface area (Å²) in [6.45, 7) is 6.66. The van der Waals surface area contributed by atoms with Crippen molar-refractivity contribution in [3.63, 3.8) is 0 Å². The third-order valence-electron chi connectivity index (χ3n) is 2.40. The van der Waals surface area contributed by atoms with Crippen molar-refractivity contribution < 1.29 is 4.74 Å². The number of nitrogens with one attached hydrogen (secondary N) is 1. The fourth-order valence-corrected chi connectivity index (χ4v) is 1.75. The van der Waals surface area contributed by atoms with Crippen molar-refractivity contribution in [1.29, 1.82) is 0 Å². The first-order valence-electron chi connectivity index (χ1n) is 5.38. The van der Waals surface area contributed by atoms with Crippen LogP contribution in [-0.4, -0.2) is 12.7 Å². The van der Waals surface area contributed by atoms with Gasteiger partial charge >= 0.3 is 0 Å². The molecule has 90 valence electrons. The number of halogens is 1. The molecule has 0 saturated heterocycles. The highest BCUT2D eigenvalue weighted by Crippen LogP contribution is 2.22. The summed E-state index contributed by atoms with van der Waals surface area (Å²) in [4.78, 5) is 0. The minimum Gasteiger partial charge on any atom is -0.377 e. The molecule has 1 rings (SSSR count). The van der Waals surface area contributed by atoms with Crippen LogP contribution in [0.3, 0.4) is 0 Å². The molecular formula is C12H19BrN2O. The Morgan fingerprint density at radius 2 is 2.12 bits per heavy atom. The molecule has 3 N–H and O–H groups in total. The van der Waals surface area contributed by atoms with E-state index in [1.165, 1.54) is 5.56 Å². The zero-order chi connectivity index (χ0) is 12.1. The molecule has 0 aliphatic carbocycles. The SMILES string of the molecule is Cc1ccc(C(COC(C)C)NN)cc1Br. The molecule has 1 aromatic carbocycles. The van der Waals surface area contributed by atoms with Gasteiger partial charge in [0, 0.05) is 4.47 Å². The van der Waals surface area contributed by atoms with E-state index < -0.39 is 0 Å².